The van der Waals surface area contributed by atoms with Crippen LogP contribution >= 0.6 is 23.5 Å². The molecule has 0 aromatic heterocycles. The predicted octanol–water partition coefficient (Wildman–Crippen LogP) is 2.31. The number of halogens is 1. The maximum absolute atomic E-state index is 5.72. The Hall–Kier alpha value is -0.180. The molecule has 1 aromatic carbocycles. The van der Waals surface area contributed by atoms with Crippen LogP contribution in [-0.4, -0.2) is 0 Å². The Bertz CT molecular complexity index is 202. The Morgan fingerprint density at radius 3 is 2.44 bits per heavy atom. The summed E-state index contributed by atoms with van der Waals surface area (Å²) in [6.07, 6.45) is 0. The van der Waals surface area contributed by atoms with Gasteiger partial charge in [-0.2, -0.15) is 0 Å². The quantitative estimate of drug-likeness (QED) is 0.637. The van der Waals surface area contributed by atoms with Crippen LogP contribution in [0.2, 0.25) is 5.02 Å². The molecule has 2 N–H and O–H groups in total. The average molecular weight is 160 g/mol. The van der Waals surface area contributed by atoms with Crippen molar-refractivity contribution < 1.29 is 0 Å². The van der Waals surface area contributed by atoms with Gasteiger partial charge in [0, 0.05) is 4.90 Å². The molecule has 1 nitrogen and oxygen atoms in total. The molecule has 0 spiro atoms. The summed E-state index contributed by atoms with van der Waals surface area (Å²) in [5.74, 6) is 0. The average Bonchev–Trinajstić information content (AvgIpc) is 1.89. The number of benzene rings is 1. The van der Waals surface area contributed by atoms with Gasteiger partial charge in [-0.1, -0.05) is 23.7 Å². The SMILES string of the molecule is NSc1ccccc1Cl. The zero-order valence-electron chi connectivity index (χ0n) is 4.67. The van der Waals surface area contributed by atoms with Crippen molar-refractivity contribution in [1.29, 1.82) is 0 Å². The van der Waals surface area contributed by atoms with Gasteiger partial charge in [0.2, 0.25) is 0 Å². The van der Waals surface area contributed by atoms with Crippen LogP contribution in [0.15, 0.2) is 29.2 Å². The molecule has 0 aliphatic heterocycles. The van der Waals surface area contributed by atoms with Crippen LogP contribution in [0.1, 0.15) is 0 Å². The molecular weight excluding hydrogens is 154 g/mol. The second kappa shape index (κ2) is 3.11. The normalized spacial score (nSPS) is 9.56. The highest BCUT2D eigenvalue weighted by molar-refractivity contribution is 7.97. The van der Waals surface area contributed by atoms with E-state index in [9.17, 15) is 0 Å². The van der Waals surface area contributed by atoms with Crippen LogP contribution in [0.25, 0.3) is 0 Å². The largest absolute Gasteiger partial charge is 0.274 e. The lowest BCUT2D eigenvalue weighted by Gasteiger charge is -1.95. The highest BCUT2D eigenvalue weighted by Gasteiger charge is 1.93. The summed E-state index contributed by atoms with van der Waals surface area (Å²) in [6.45, 7) is 0. The molecule has 0 fully saturated rings. The third kappa shape index (κ3) is 1.61. The summed E-state index contributed by atoms with van der Waals surface area (Å²) in [7, 11) is 0. The zero-order valence-corrected chi connectivity index (χ0v) is 6.25. The van der Waals surface area contributed by atoms with E-state index in [0.29, 0.717) is 5.02 Å². The van der Waals surface area contributed by atoms with Gasteiger partial charge in [-0.25, -0.2) is 0 Å². The van der Waals surface area contributed by atoms with Crippen molar-refractivity contribution in [3.05, 3.63) is 29.3 Å². The van der Waals surface area contributed by atoms with Crippen molar-refractivity contribution in [1.82, 2.24) is 0 Å². The van der Waals surface area contributed by atoms with Crippen LogP contribution < -0.4 is 5.14 Å². The lowest BCUT2D eigenvalue weighted by molar-refractivity contribution is 1.46. The van der Waals surface area contributed by atoms with E-state index in [1.54, 1.807) is 0 Å². The van der Waals surface area contributed by atoms with Crippen LogP contribution in [0.5, 0.6) is 0 Å². The molecule has 0 saturated carbocycles. The Kier molecular flexibility index (Phi) is 2.39. The van der Waals surface area contributed by atoms with Gasteiger partial charge in [-0.05, 0) is 24.1 Å². The van der Waals surface area contributed by atoms with E-state index in [-0.39, 0.29) is 0 Å². The minimum atomic E-state index is 0.713. The second-order valence-electron chi connectivity index (χ2n) is 1.55. The highest BCUT2D eigenvalue weighted by Crippen LogP contribution is 2.21. The Morgan fingerprint density at radius 1 is 1.33 bits per heavy atom. The van der Waals surface area contributed by atoms with Crippen molar-refractivity contribution in [2.75, 3.05) is 0 Å². The van der Waals surface area contributed by atoms with Crippen LogP contribution in [0, 0.1) is 0 Å². The zero-order chi connectivity index (χ0) is 6.69. The molecule has 1 rings (SSSR count). The van der Waals surface area contributed by atoms with E-state index in [4.69, 9.17) is 16.7 Å². The first-order valence-corrected chi connectivity index (χ1v) is 3.71. The fraction of sp³-hybridized carbons (Fsp3) is 0. The van der Waals surface area contributed by atoms with Gasteiger partial charge >= 0.3 is 0 Å². The van der Waals surface area contributed by atoms with Gasteiger partial charge in [0.1, 0.15) is 0 Å². The van der Waals surface area contributed by atoms with Crippen molar-refractivity contribution in [3.63, 3.8) is 0 Å². The van der Waals surface area contributed by atoms with E-state index >= 15 is 0 Å². The van der Waals surface area contributed by atoms with Gasteiger partial charge in [-0.3, -0.25) is 5.14 Å². The molecule has 0 bridgehead atoms. The van der Waals surface area contributed by atoms with E-state index in [1.165, 1.54) is 0 Å². The molecule has 0 radical (unpaired) electrons. The monoisotopic (exact) mass is 159 g/mol. The fourth-order valence-corrected chi connectivity index (χ4v) is 1.15. The molecular formula is C6H6ClNS. The van der Waals surface area contributed by atoms with Crippen molar-refractivity contribution in [2.45, 2.75) is 4.90 Å². The number of rotatable bonds is 1. The summed E-state index contributed by atoms with van der Waals surface area (Å²) in [5, 5.41) is 6.00. The van der Waals surface area contributed by atoms with Gasteiger partial charge < -0.3 is 0 Å². The summed E-state index contributed by atoms with van der Waals surface area (Å²) in [4.78, 5) is 0.916. The van der Waals surface area contributed by atoms with E-state index < -0.39 is 0 Å². The third-order valence-corrected chi connectivity index (χ3v) is 2.02. The number of hydrogen-bond acceptors (Lipinski definition) is 2. The molecule has 0 heterocycles. The first kappa shape index (κ1) is 6.93. The van der Waals surface area contributed by atoms with Crippen molar-refractivity contribution in [2.24, 2.45) is 5.14 Å². The maximum Gasteiger partial charge on any atom is 0.0554 e. The van der Waals surface area contributed by atoms with Gasteiger partial charge in [0.15, 0.2) is 0 Å². The van der Waals surface area contributed by atoms with Crippen LogP contribution in [-0.2, 0) is 0 Å². The van der Waals surface area contributed by atoms with Gasteiger partial charge in [0.25, 0.3) is 0 Å². The van der Waals surface area contributed by atoms with E-state index in [1.807, 2.05) is 24.3 Å². The molecule has 0 aliphatic rings. The van der Waals surface area contributed by atoms with Crippen molar-refractivity contribution >= 4 is 23.5 Å². The summed E-state index contributed by atoms with van der Waals surface area (Å²) in [5.41, 5.74) is 0. The van der Waals surface area contributed by atoms with Gasteiger partial charge in [-0.15, -0.1) is 0 Å². The molecule has 0 amide bonds. The first-order valence-electron chi connectivity index (χ1n) is 2.46. The molecule has 3 heteroatoms. The molecule has 0 saturated heterocycles. The maximum atomic E-state index is 5.72. The molecule has 0 unspecified atom stereocenters. The van der Waals surface area contributed by atoms with Crippen LogP contribution in [0.4, 0.5) is 0 Å². The molecule has 9 heavy (non-hydrogen) atoms. The lowest BCUT2D eigenvalue weighted by atomic mass is 10.4. The predicted molar refractivity (Wildman–Crippen MR) is 41.5 cm³/mol. The van der Waals surface area contributed by atoms with E-state index in [2.05, 4.69) is 0 Å². The molecule has 0 aliphatic carbocycles. The lowest BCUT2D eigenvalue weighted by Crippen LogP contribution is -1.78. The summed E-state index contributed by atoms with van der Waals surface area (Å²) >= 11 is 6.89. The van der Waals surface area contributed by atoms with Gasteiger partial charge in [0.05, 0.1) is 5.02 Å². The molecule has 48 valence electrons. The topological polar surface area (TPSA) is 26.0 Å². The Balaban J connectivity index is 3.01. The Morgan fingerprint density at radius 2 is 2.00 bits per heavy atom. The molecule has 0 atom stereocenters. The highest BCUT2D eigenvalue weighted by atomic mass is 35.5. The minimum absolute atomic E-state index is 0.713. The summed E-state index contributed by atoms with van der Waals surface area (Å²) < 4.78 is 0. The number of hydrogen-bond donors (Lipinski definition) is 1. The fourth-order valence-electron chi connectivity index (χ4n) is 0.540. The number of nitrogens with two attached hydrogens (primary N) is 1. The summed E-state index contributed by atoms with van der Waals surface area (Å²) in [6, 6.07) is 7.48. The van der Waals surface area contributed by atoms with Crippen molar-refractivity contribution in [3.8, 4) is 0 Å². The second-order valence-corrected chi connectivity index (χ2v) is 2.63. The molecule has 1 aromatic rings. The standard InChI is InChI=1S/C6H6ClNS/c7-5-3-1-2-4-6(5)9-8/h1-4H,8H2. The van der Waals surface area contributed by atoms with E-state index in [0.717, 1.165) is 16.8 Å². The first-order chi connectivity index (χ1) is 4.34. The smallest absolute Gasteiger partial charge is 0.0554 e. The minimum Gasteiger partial charge on any atom is -0.274 e. The van der Waals surface area contributed by atoms with Crippen LogP contribution in [0.3, 0.4) is 0 Å². The Labute approximate surface area is 63.3 Å². The third-order valence-electron chi connectivity index (χ3n) is 0.964.